The number of rotatable bonds is 34. The average Bonchev–Trinajstić information content (AvgIpc) is 3.04. The van der Waals surface area contributed by atoms with Crippen LogP contribution in [0, 0.1) is 0 Å². The van der Waals surface area contributed by atoms with E-state index >= 15 is 0 Å². The van der Waals surface area contributed by atoms with Gasteiger partial charge in [0.1, 0.15) is 12.6 Å². The van der Waals surface area contributed by atoms with Crippen LogP contribution in [0.25, 0.3) is 0 Å². The molecule has 0 saturated carbocycles. The Bertz CT molecular complexity index is 869. The maximum Gasteiger partial charge on any atom is 0.472 e. The van der Waals surface area contributed by atoms with E-state index in [-0.39, 0.29) is 19.4 Å². The predicted octanol–water partition coefficient (Wildman–Crippen LogP) is 8.56. The summed E-state index contributed by atoms with van der Waals surface area (Å²) in [6, 6.07) is -1.52. The summed E-state index contributed by atoms with van der Waals surface area (Å²) in [5, 5.41) is 8.84. The molecule has 0 aromatic rings. The van der Waals surface area contributed by atoms with Gasteiger partial charge in [0.05, 0.1) is 13.2 Å². The number of phosphoric ester groups is 1. The number of unbranched alkanes of at least 4 members (excludes halogenated alkanes) is 18. The Labute approximate surface area is 284 Å². The zero-order valence-electron chi connectivity index (χ0n) is 29.4. The van der Waals surface area contributed by atoms with Gasteiger partial charge in [-0.25, -0.2) is 4.57 Å². The van der Waals surface area contributed by atoms with Crippen molar-refractivity contribution < 1.29 is 47.5 Å². The molecule has 0 aliphatic heterocycles. The van der Waals surface area contributed by atoms with Crippen LogP contribution in [0.1, 0.15) is 162 Å². The van der Waals surface area contributed by atoms with E-state index in [0.717, 1.165) is 57.8 Å². The third-order valence-corrected chi connectivity index (χ3v) is 8.71. The van der Waals surface area contributed by atoms with Gasteiger partial charge in [0.25, 0.3) is 0 Å². The largest absolute Gasteiger partial charge is 0.480 e. The molecule has 0 amide bonds. The number of ether oxygens (including phenoxy) is 2. The van der Waals surface area contributed by atoms with Crippen molar-refractivity contribution in [2.45, 2.75) is 174 Å². The molecule has 0 rings (SSSR count). The Morgan fingerprint density at radius 3 is 1.60 bits per heavy atom. The van der Waals surface area contributed by atoms with Crippen molar-refractivity contribution >= 4 is 25.7 Å². The second-order valence-corrected chi connectivity index (χ2v) is 13.8. The molecule has 12 heteroatoms. The number of aliphatic carboxylic acids is 1. The van der Waals surface area contributed by atoms with Crippen LogP contribution in [0.5, 0.6) is 0 Å². The fraction of sp³-hybridized carbons (Fsp3) is 0.857. The third kappa shape index (κ3) is 31.3. The van der Waals surface area contributed by atoms with Crippen LogP contribution in [-0.4, -0.2) is 59.9 Å². The molecular weight excluding hydrogens is 625 g/mol. The van der Waals surface area contributed by atoms with Crippen LogP contribution < -0.4 is 5.73 Å². The van der Waals surface area contributed by atoms with Gasteiger partial charge in [-0.15, -0.1) is 0 Å². The van der Waals surface area contributed by atoms with Crippen LogP contribution in [-0.2, 0) is 37.5 Å². The van der Waals surface area contributed by atoms with Crippen molar-refractivity contribution in [3.8, 4) is 0 Å². The van der Waals surface area contributed by atoms with Crippen LogP contribution in [0.2, 0.25) is 0 Å². The van der Waals surface area contributed by atoms with E-state index in [1.165, 1.54) is 64.2 Å². The van der Waals surface area contributed by atoms with Crippen molar-refractivity contribution in [1.29, 1.82) is 0 Å². The number of carbonyl (C=O) groups excluding carboxylic acids is 2. The van der Waals surface area contributed by atoms with E-state index in [2.05, 4.69) is 30.5 Å². The minimum atomic E-state index is -4.70. The molecule has 3 atom stereocenters. The lowest BCUT2D eigenvalue weighted by Gasteiger charge is -2.20. The second kappa shape index (κ2) is 31.5. The zero-order chi connectivity index (χ0) is 35.0. The van der Waals surface area contributed by atoms with Gasteiger partial charge in [0.15, 0.2) is 6.10 Å². The molecule has 0 bridgehead atoms. The van der Waals surface area contributed by atoms with Crippen molar-refractivity contribution in [2.24, 2.45) is 5.73 Å². The van der Waals surface area contributed by atoms with Gasteiger partial charge in [-0.2, -0.15) is 0 Å². The molecule has 47 heavy (non-hydrogen) atoms. The van der Waals surface area contributed by atoms with Crippen LogP contribution in [0.15, 0.2) is 12.2 Å². The van der Waals surface area contributed by atoms with Gasteiger partial charge in [-0.1, -0.05) is 122 Å². The van der Waals surface area contributed by atoms with Crippen molar-refractivity contribution in [3.05, 3.63) is 12.2 Å². The summed E-state index contributed by atoms with van der Waals surface area (Å²) in [4.78, 5) is 45.6. The summed E-state index contributed by atoms with van der Waals surface area (Å²) in [6.45, 7) is 2.74. The topological polar surface area (TPSA) is 172 Å². The third-order valence-electron chi connectivity index (χ3n) is 7.76. The SMILES string of the molecule is CCCCC/C=C\CCCCCCCC(=O)OC[C@H](COP(=O)(O)OC[C@H](N)C(=O)O)OC(=O)CCCCCCCCCCCCC. The van der Waals surface area contributed by atoms with Crippen molar-refractivity contribution in [2.75, 3.05) is 19.8 Å². The Morgan fingerprint density at radius 1 is 0.638 bits per heavy atom. The van der Waals surface area contributed by atoms with E-state index < -0.39 is 51.1 Å². The highest BCUT2D eigenvalue weighted by Gasteiger charge is 2.28. The molecule has 4 N–H and O–H groups in total. The molecule has 11 nitrogen and oxygen atoms in total. The first kappa shape index (κ1) is 45.2. The van der Waals surface area contributed by atoms with Gasteiger partial charge in [-0.05, 0) is 38.5 Å². The van der Waals surface area contributed by atoms with E-state index in [9.17, 15) is 23.8 Å². The molecule has 0 aromatic carbocycles. The Hall–Kier alpha value is -1.78. The summed E-state index contributed by atoms with van der Waals surface area (Å²) in [5.41, 5.74) is 5.30. The number of esters is 2. The number of carboxylic acids is 1. The van der Waals surface area contributed by atoms with Gasteiger partial charge in [0, 0.05) is 12.8 Å². The average molecular weight is 692 g/mol. The van der Waals surface area contributed by atoms with Crippen LogP contribution in [0.4, 0.5) is 0 Å². The van der Waals surface area contributed by atoms with Crippen LogP contribution >= 0.6 is 7.82 Å². The molecule has 0 aliphatic rings. The molecule has 0 aliphatic carbocycles. The normalized spacial score (nSPS) is 14.1. The van der Waals surface area contributed by atoms with Gasteiger partial charge >= 0.3 is 25.7 Å². The maximum atomic E-state index is 12.5. The van der Waals surface area contributed by atoms with E-state index in [1.54, 1.807) is 0 Å². The van der Waals surface area contributed by atoms with Crippen LogP contribution in [0.3, 0.4) is 0 Å². The van der Waals surface area contributed by atoms with Gasteiger partial charge in [-0.3, -0.25) is 23.4 Å². The fourth-order valence-corrected chi connectivity index (χ4v) is 5.60. The highest BCUT2D eigenvalue weighted by Crippen LogP contribution is 2.43. The molecule has 0 fully saturated rings. The first-order valence-corrected chi connectivity index (χ1v) is 19.7. The highest BCUT2D eigenvalue weighted by molar-refractivity contribution is 7.47. The van der Waals surface area contributed by atoms with E-state index in [4.69, 9.17) is 24.8 Å². The Balaban J connectivity index is 4.47. The highest BCUT2D eigenvalue weighted by atomic mass is 31.2. The Kier molecular flexibility index (Phi) is 30.3. The minimum absolute atomic E-state index is 0.164. The van der Waals surface area contributed by atoms with Crippen molar-refractivity contribution in [3.63, 3.8) is 0 Å². The summed E-state index contributed by atoms with van der Waals surface area (Å²) in [5.74, 6) is -2.39. The molecule has 0 aromatic heterocycles. The number of allylic oxidation sites excluding steroid dienone is 2. The maximum absolute atomic E-state index is 12.5. The molecule has 276 valence electrons. The first-order valence-electron chi connectivity index (χ1n) is 18.2. The van der Waals surface area contributed by atoms with E-state index in [1.807, 2.05) is 0 Å². The van der Waals surface area contributed by atoms with Crippen molar-refractivity contribution in [1.82, 2.24) is 0 Å². The number of nitrogens with two attached hydrogens (primary N) is 1. The first-order chi connectivity index (χ1) is 22.6. The predicted molar refractivity (Wildman–Crippen MR) is 185 cm³/mol. The summed E-state index contributed by atoms with van der Waals surface area (Å²) in [7, 11) is -4.70. The van der Waals surface area contributed by atoms with Gasteiger partial charge < -0.3 is 25.2 Å². The monoisotopic (exact) mass is 691 g/mol. The van der Waals surface area contributed by atoms with E-state index in [0.29, 0.717) is 12.8 Å². The summed E-state index contributed by atoms with van der Waals surface area (Å²) in [6.07, 6.45) is 27.1. The zero-order valence-corrected chi connectivity index (χ0v) is 30.3. The summed E-state index contributed by atoms with van der Waals surface area (Å²) < 4.78 is 32.5. The lowest BCUT2D eigenvalue weighted by molar-refractivity contribution is -0.161. The number of carbonyl (C=O) groups is 3. The molecule has 0 saturated heterocycles. The second-order valence-electron chi connectivity index (χ2n) is 12.4. The molecular formula is C35H66NO10P. The van der Waals surface area contributed by atoms with Gasteiger partial charge in [0.2, 0.25) is 0 Å². The summed E-state index contributed by atoms with van der Waals surface area (Å²) >= 11 is 0. The smallest absolute Gasteiger partial charge is 0.472 e. The minimum Gasteiger partial charge on any atom is -0.480 e. The fourth-order valence-electron chi connectivity index (χ4n) is 4.82. The number of phosphoric acid groups is 1. The standard InChI is InChI=1S/C35H66NO10P/c1-3-5-7-9-11-13-15-17-18-20-22-24-26-33(37)43-28-31(29-44-47(41,42)45-30-32(36)35(39)40)46-34(38)27-25-23-21-19-16-14-12-10-8-6-4-2/h11,13,31-32H,3-10,12,14-30,36H2,1-2H3,(H,39,40)(H,41,42)/b13-11-/t31-,32+/m1/s1. The lowest BCUT2D eigenvalue weighted by atomic mass is 10.1. The molecule has 0 radical (unpaired) electrons. The number of hydrogen-bond acceptors (Lipinski definition) is 9. The Morgan fingerprint density at radius 2 is 1.06 bits per heavy atom. The molecule has 1 unspecified atom stereocenters. The molecule has 0 heterocycles. The quantitative estimate of drug-likeness (QED) is 0.0255. The molecule has 0 spiro atoms. The lowest BCUT2D eigenvalue weighted by Crippen LogP contribution is -2.34. The number of hydrogen-bond donors (Lipinski definition) is 3. The number of carboxylic acid groups (broad SMARTS) is 1.